The van der Waals surface area contributed by atoms with E-state index in [0.717, 1.165) is 41.1 Å². The lowest BCUT2D eigenvalue weighted by atomic mass is 9.88. The maximum absolute atomic E-state index is 13.2. The van der Waals surface area contributed by atoms with E-state index >= 15 is 0 Å². The summed E-state index contributed by atoms with van der Waals surface area (Å²) in [6, 6.07) is 10.4. The number of aryl methyl sites for hydroxylation is 1. The molecule has 186 valence electrons. The summed E-state index contributed by atoms with van der Waals surface area (Å²) in [6.07, 6.45) is 2.29. The number of nitrogens with zero attached hydrogens (tertiary/aromatic N) is 3. The molecule has 6 heteroatoms. The number of nitrogens with one attached hydrogen (secondary N) is 1. The Morgan fingerprint density at radius 2 is 1.82 bits per heavy atom. The van der Waals surface area contributed by atoms with Gasteiger partial charge in [-0.2, -0.15) is 5.10 Å². The van der Waals surface area contributed by atoms with Gasteiger partial charge in [0.05, 0.1) is 18.5 Å². The normalized spacial score (nSPS) is 12.5. The molecule has 0 atom stereocenters. The molecule has 0 aliphatic heterocycles. The lowest BCUT2D eigenvalue weighted by Crippen LogP contribution is -2.46. The van der Waals surface area contributed by atoms with E-state index in [1.54, 1.807) is 6.26 Å². The minimum Gasteiger partial charge on any atom is -0.464 e. The molecule has 3 rings (SSSR count). The van der Waals surface area contributed by atoms with Crippen LogP contribution in [-0.2, 0) is 11.3 Å². The number of hydrogen-bond donors (Lipinski definition) is 1. The molecule has 0 radical (unpaired) electrons. The Bertz CT molecular complexity index is 1090. The highest BCUT2D eigenvalue weighted by molar-refractivity contribution is 5.81. The SMILES string of the molecule is Cc1cc(CN(CC(C)(C)CN(CC(C)C)C(=O)CC(C)(C)C)c2ccc3occc3c2)n[nH]1. The maximum Gasteiger partial charge on any atom is 0.223 e. The van der Waals surface area contributed by atoms with E-state index < -0.39 is 0 Å². The molecular formula is C28H42N4O2. The van der Waals surface area contributed by atoms with Crippen LogP contribution in [0.5, 0.6) is 0 Å². The summed E-state index contributed by atoms with van der Waals surface area (Å²) in [4.78, 5) is 17.7. The van der Waals surface area contributed by atoms with Crippen LogP contribution in [0.15, 0.2) is 41.0 Å². The lowest BCUT2D eigenvalue weighted by molar-refractivity contribution is -0.135. The average Bonchev–Trinajstić information content (AvgIpc) is 3.32. The van der Waals surface area contributed by atoms with Crippen molar-refractivity contribution in [2.24, 2.45) is 16.7 Å². The number of hydrogen-bond acceptors (Lipinski definition) is 4. The van der Waals surface area contributed by atoms with Crippen molar-refractivity contribution in [3.05, 3.63) is 48.0 Å². The number of furan rings is 1. The van der Waals surface area contributed by atoms with Crippen LogP contribution in [0.25, 0.3) is 11.0 Å². The van der Waals surface area contributed by atoms with Gasteiger partial charge < -0.3 is 14.2 Å². The van der Waals surface area contributed by atoms with E-state index in [1.165, 1.54) is 0 Å². The summed E-state index contributed by atoms with van der Waals surface area (Å²) in [5.41, 5.74) is 3.91. The highest BCUT2D eigenvalue weighted by Crippen LogP contribution is 2.29. The Morgan fingerprint density at radius 1 is 1.09 bits per heavy atom. The van der Waals surface area contributed by atoms with Crippen LogP contribution in [0, 0.1) is 23.7 Å². The van der Waals surface area contributed by atoms with Gasteiger partial charge in [-0.3, -0.25) is 9.89 Å². The van der Waals surface area contributed by atoms with Crippen LogP contribution >= 0.6 is 0 Å². The molecule has 6 nitrogen and oxygen atoms in total. The summed E-state index contributed by atoms with van der Waals surface area (Å²) in [7, 11) is 0. The number of benzene rings is 1. The quantitative estimate of drug-likeness (QED) is 0.374. The maximum atomic E-state index is 13.2. The largest absolute Gasteiger partial charge is 0.464 e. The van der Waals surface area contributed by atoms with Crippen molar-refractivity contribution < 1.29 is 9.21 Å². The first-order chi connectivity index (χ1) is 15.8. The van der Waals surface area contributed by atoms with E-state index in [-0.39, 0.29) is 16.7 Å². The van der Waals surface area contributed by atoms with Crippen LogP contribution in [-0.4, -0.2) is 40.6 Å². The van der Waals surface area contributed by atoms with E-state index in [9.17, 15) is 4.79 Å². The van der Waals surface area contributed by atoms with Crippen LogP contribution in [0.3, 0.4) is 0 Å². The molecule has 2 aromatic heterocycles. The first-order valence-electron chi connectivity index (χ1n) is 12.3. The van der Waals surface area contributed by atoms with Gasteiger partial charge in [0.15, 0.2) is 0 Å². The van der Waals surface area contributed by atoms with Gasteiger partial charge in [0, 0.05) is 42.8 Å². The Balaban J connectivity index is 1.85. The molecule has 1 N–H and O–H groups in total. The minimum absolute atomic E-state index is 0.0275. The molecule has 0 unspecified atom stereocenters. The zero-order valence-electron chi connectivity index (χ0n) is 22.2. The fourth-order valence-corrected chi connectivity index (χ4v) is 4.48. The number of carbonyl (C=O) groups excluding carboxylic acids is 1. The zero-order valence-corrected chi connectivity index (χ0v) is 22.2. The predicted molar refractivity (Wildman–Crippen MR) is 140 cm³/mol. The fraction of sp³-hybridized carbons (Fsp3) is 0.571. The molecule has 0 bridgehead atoms. The van der Waals surface area contributed by atoms with Crippen molar-refractivity contribution >= 4 is 22.6 Å². The van der Waals surface area contributed by atoms with Crippen molar-refractivity contribution in [2.75, 3.05) is 24.5 Å². The minimum atomic E-state index is -0.126. The van der Waals surface area contributed by atoms with Crippen molar-refractivity contribution in [2.45, 2.75) is 68.4 Å². The van der Waals surface area contributed by atoms with Gasteiger partial charge >= 0.3 is 0 Å². The summed E-state index contributed by atoms with van der Waals surface area (Å²) in [6.45, 7) is 20.2. The molecule has 2 heterocycles. The van der Waals surface area contributed by atoms with Gasteiger partial charge in [0.1, 0.15) is 5.58 Å². The number of anilines is 1. The average molecular weight is 467 g/mol. The number of carbonyl (C=O) groups is 1. The molecule has 0 fully saturated rings. The third kappa shape index (κ3) is 7.37. The molecule has 0 aliphatic rings. The zero-order chi connectivity index (χ0) is 25.1. The highest BCUT2D eigenvalue weighted by atomic mass is 16.3. The Labute approximate surface area is 204 Å². The summed E-state index contributed by atoms with van der Waals surface area (Å²) >= 11 is 0. The summed E-state index contributed by atoms with van der Waals surface area (Å²) in [5, 5.41) is 8.63. The van der Waals surface area contributed by atoms with Crippen molar-refractivity contribution in [1.82, 2.24) is 15.1 Å². The third-order valence-corrected chi connectivity index (χ3v) is 5.77. The standard InChI is InChI=1S/C28H42N4O2/c1-20(2)16-32(26(33)15-27(4,5)6)19-28(7,8)18-31(17-23-13-21(3)29-30-23)24-9-10-25-22(14-24)11-12-34-25/h9-14,20H,15-19H2,1-8H3,(H,29,30). The molecule has 1 amide bonds. The summed E-state index contributed by atoms with van der Waals surface area (Å²) in [5.74, 6) is 0.662. The highest BCUT2D eigenvalue weighted by Gasteiger charge is 2.30. The monoisotopic (exact) mass is 466 g/mol. The molecular weight excluding hydrogens is 424 g/mol. The van der Waals surface area contributed by atoms with Crippen molar-refractivity contribution in [3.8, 4) is 0 Å². The van der Waals surface area contributed by atoms with Crippen LogP contribution in [0.2, 0.25) is 0 Å². The van der Waals surface area contributed by atoms with E-state index in [2.05, 4.69) is 86.7 Å². The number of amides is 1. The first kappa shape index (κ1) is 25.9. The van der Waals surface area contributed by atoms with Crippen LogP contribution in [0.4, 0.5) is 5.69 Å². The van der Waals surface area contributed by atoms with Crippen LogP contribution < -0.4 is 4.90 Å². The third-order valence-electron chi connectivity index (χ3n) is 5.77. The second-order valence-corrected chi connectivity index (χ2v) is 12.1. The van der Waals surface area contributed by atoms with Crippen LogP contribution in [0.1, 0.15) is 66.3 Å². The Kier molecular flexibility index (Phi) is 7.79. The smallest absolute Gasteiger partial charge is 0.223 e. The molecule has 0 spiro atoms. The second-order valence-electron chi connectivity index (χ2n) is 12.1. The molecule has 3 aromatic rings. The van der Waals surface area contributed by atoms with Crippen molar-refractivity contribution in [3.63, 3.8) is 0 Å². The van der Waals surface area contributed by atoms with Gasteiger partial charge in [-0.25, -0.2) is 0 Å². The van der Waals surface area contributed by atoms with Crippen molar-refractivity contribution in [1.29, 1.82) is 0 Å². The van der Waals surface area contributed by atoms with E-state index in [1.807, 2.05) is 19.1 Å². The first-order valence-corrected chi connectivity index (χ1v) is 12.3. The Morgan fingerprint density at radius 3 is 2.44 bits per heavy atom. The lowest BCUT2D eigenvalue weighted by Gasteiger charge is -2.39. The number of fused-ring (bicyclic) bond motifs is 1. The number of H-pyrrole nitrogens is 1. The fourth-order valence-electron chi connectivity index (χ4n) is 4.48. The van der Waals surface area contributed by atoms with Gasteiger partial charge in [-0.05, 0) is 54.0 Å². The summed E-state index contributed by atoms with van der Waals surface area (Å²) < 4.78 is 5.55. The number of aromatic amines is 1. The van der Waals surface area contributed by atoms with Gasteiger partial charge in [0.2, 0.25) is 5.91 Å². The van der Waals surface area contributed by atoms with Gasteiger partial charge in [-0.15, -0.1) is 0 Å². The number of rotatable bonds is 10. The number of aromatic nitrogens is 2. The Hall–Kier alpha value is -2.76. The molecule has 34 heavy (non-hydrogen) atoms. The molecule has 0 saturated carbocycles. The van der Waals surface area contributed by atoms with Gasteiger partial charge in [0.25, 0.3) is 0 Å². The second kappa shape index (κ2) is 10.2. The van der Waals surface area contributed by atoms with E-state index in [4.69, 9.17) is 4.42 Å². The molecule has 1 aromatic carbocycles. The predicted octanol–water partition coefficient (Wildman–Crippen LogP) is 6.42. The van der Waals surface area contributed by atoms with Gasteiger partial charge in [-0.1, -0.05) is 48.5 Å². The topological polar surface area (TPSA) is 65.4 Å². The van der Waals surface area contributed by atoms with E-state index in [0.29, 0.717) is 25.4 Å². The molecule has 0 aliphatic carbocycles. The molecule has 0 saturated heterocycles.